The smallest absolute Gasteiger partial charge is 0.315 e. The zero-order chi connectivity index (χ0) is 16.7. The largest absolute Gasteiger partial charge is 0.378 e. The minimum absolute atomic E-state index is 0.0390. The molecule has 1 heterocycles. The number of aryl methyl sites for hydroxylation is 1. The van der Waals surface area contributed by atoms with Crippen LogP contribution < -0.4 is 10.6 Å². The van der Waals surface area contributed by atoms with Crippen LogP contribution in [-0.2, 0) is 18.2 Å². The van der Waals surface area contributed by atoms with Crippen LogP contribution in [0.15, 0.2) is 6.20 Å². The highest BCUT2D eigenvalue weighted by Gasteiger charge is 2.59. The van der Waals surface area contributed by atoms with E-state index in [0.29, 0.717) is 6.10 Å². The van der Waals surface area contributed by atoms with Crippen LogP contribution in [0.3, 0.4) is 0 Å². The summed E-state index contributed by atoms with van der Waals surface area (Å²) in [6, 6.07) is 0.310. The molecule has 24 heavy (non-hydrogen) atoms. The van der Waals surface area contributed by atoms with Gasteiger partial charge in [0, 0.05) is 36.4 Å². The lowest BCUT2D eigenvalue weighted by Gasteiger charge is -2.60. The molecular weight excluding hydrogens is 304 g/mol. The predicted molar refractivity (Wildman–Crippen MR) is 90.7 cm³/mol. The molecule has 2 saturated carbocycles. The van der Waals surface area contributed by atoms with Gasteiger partial charge in [-0.05, 0) is 45.4 Å². The second-order valence-electron chi connectivity index (χ2n) is 7.55. The molecule has 2 amide bonds. The summed E-state index contributed by atoms with van der Waals surface area (Å²) in [4.78, 5) is 12.5. The van der Waals surface area contributed by atoms with Gasteiger partial charge in [0.1, 0.15) is 0 Å². The molecule has 1 aromatic rings. The van der Waals surface area contributed by atoms with Gasteiger partial charge >= 0.3 is 6.03 Å². The predicted octanol–water partition coefficient (Wildman–Crippen LogP) is 2.44. The number of amides is 2. The van der Waals surface area contributed by atoms with Crippen molar-refractivity contribution in [2.24, 2.45) is 12.5 Å². The Kier molecular flexibility index (Phi) is 4.03. The van der Waals surface area contributed by atoms with E-state index in [1.165, 1.54) is 30.5 Å². The summed E-state index contributed by atoms with van der Waals surface area (Å²) in [5.41, 5.74) is 2.64. The normalized spacial score (nSPS) is 30.2. The van der Waals surface area contributed by atoms with Crippen LogP contribution in [0.4, 0.5) is 4.79 Å². The molecule has 0 aromatic carbocycles. The molecule has 0 aliphatic heterocycles. The Labute approximate surface area is 143 Å². The van der Waals surface area contributed by atoms with E-state index in [9.17, 15) is 4.79 Å². The van der Waals surface area contributed by atoms with E-state index in [-0.39, 0.29) is 23.5 Å². The molecule has 1 spiro atoms. The lowest BCUT2D eigenvalue weighted by Crippen LogP contribution is -2.68. The molecule has 1 aromatic heterocycles. The Morgan fingerprint density at radius 1 is 1.42 bits per heavy atom. The van der Waals surface area contributed by atoms with Crippen molar-refractivity contribution in [3.05, 3.63) is 17.5 Å². The first-order chi connectivity index (χ1) is 11.6. The zero-order valence-corrected chi connectivity index (χ0v) is 14.7. The first kappa shape index (κ1) is 15.9. The van der Waals surface area contributed by atoms with Gasteiger partial charge in [0.2, 0.25) is 0 Å². The SMILES string of the molecule is CCO[C@@H]1C[C@@H](NC(=O)N[C@@H]2CCCc3c2cnn3C)C12CCC2. The highest BCUT2D eigenvalue weighted by molar-refractivity contribution is 5.75. The standard InChI is InChI=1S/C18H28N4O2/c1-3-24-16-10-15(18(16)8-5-9-18)21-17(23)20-13-6-4-7-14-12(13)11-19-22(14)2/h11,13,15-16H,3-10H2,1-2H3,(H2,20,21,23)/t13-,15-,16-/m1/s1. The highest BCUT2D eigenvalue weighted by Crippen LogP contribution is 2.57. The van der Waals surface area contributed by atoms with Crippen LogP contribution >= 0.6 is 0 Å². The van der Waals surface area contributed by atoms with Crippen LogP contribution in [0.1, 0.15) is 62.7 Å². The zero-order valence-electron chi connectivity index (χ0n) is 14.7. The van der Waals surface area contributed by atoms with Crippen molar-refractivity contribution in [3.8, 4) is 0 Å². The van der Waals surface area contributed by atoms with Gasteiger partial charge in [-0.15, -0.1) is 0 Å². The molecule has 3 atom stereocenters. The summed E-state index contributed by atoms with van der Waals surface area (Å²) in [6.45, 7) is 2.81. The maximum absolute atomic E-state index is 12.5. The topological polar surface area (TPSA) is 68.2 Å². The molecule has 6 nitrogen and oxygen atoms in total. The fraction of sp³-hybridized carbons (Fsp3) is 0.778. The van der Waals surface area contributed by atoms with Gasteiger partial charge in [-0.25, -0.2) is 4.79 Å². The summed E-state index contributed by atoms with van der Waals surface area (Å²) in [6.07, 6.45) is 9.93. The van der Waals surface area contributed by atoms with E-state index in [4.69, 9.17) is 4.74 Å². The van der Waals surface area contributed by atoms with Gasteiger partial charge in [0.25, 0.3) is 0 Å². The summed E-state index contributed by atoms with van der Waals surface area (Å²) < 4.78 is 7.80. The number of aromatic nitrogens is 2. The Balaban J connectivity index is 1.37. The van der Waals surface area contributed by atoms with Gasteiger partial charge in [-0.2, -0.15) is 5.10 Å². The van der Waals surface area contributed by atoms with E-state index in [2.05, 4.69) is 15.7 Å². The fourth-order valence-corrected chi connectivity index (χ4v) is 4.85. The Morgan fingerprint density at radius 3 is 2.96 bits per heavy atom. The molecule has 4 rings (SSSR count). The molecule has 3 aliphatic carbocycles. The Bertz CT molecular complexity index is 623. The van der Waals surface area contributed by atoms with Crippen LogP contribution in [0.5, 0.6) is 0 Å². The minimum atomic E-state index is -0.0390. The van der Waals surface area contributed by atoms with Gasteiger partial charge in [-0.1, -0.05) is 6.42 Å². The molecule has 2 fully saturated rings. The number of hydrogen-bond acceptors (Lipinski definition) is 3. The minimum Gasteiger partial charge on any atom is -0.378 e. The number of rotatable bonds is 4. The number of nitrogens with zero attached hydrogens (tertiary/aromatic N) is 2. The Hall–Kier alpha value is -1.56. The Morgan fingerprint density at radius 2 is 2.25 bits per heavy atom. The molecule has 0 saturated heterocycles. The summed E-state index contributed by atoms with van der Waals surface area (Å²) >= 11 is 0. The highest BCUT2D eigenvalue weighted by atomic mass is 16.5. The third-order valence-electron chi connectivity index (χ3n) is 6.42. The first-order valence-corrected chi connectivity index (χ1v) is 9.33. The molecule has 0 unspecified atom stereocenters. The quantitative estimate of drug-likeness (QED) is 0.890. The number of nitrogens with one attached hydrogen (secondary N) is 2. The van der Waals surface area contributed by atoms with E-state index < -0.39 is 0 Å². The fourth-order valence-electron chi connectivity index (χ4n) is 4.85. The summed E-state index contributed by atoms with van der Waals surface area (Å²) in [7, 11) is 1.98. The third-order valence-corrected chi connectivity index (χ3v) is 6.42. The number of urea groups is 1. The number of carbonyl (C=O) groups is 1. The van der Waals surface area contributed by atoms with Crippen molar-refractivity contribution in [1.29, 1.82) is 0 Å². The number of hydrogen-bond donors (Lipinski definition) is 2. The maximum atomic E-state index is 12.5. The van der Waals surface area contributed by atoms with Crippen molar-refractivity contribution in [3.63, 3.8) is 0 Å². The second kappa shape index (κ2) is 6.06. The van der Waals surface area contributed by atoms with Crippen LogP contribution in [-0.4, -0.2) is 34.6 Å². The van der Waals surface area contributed by atoms with Crippen molar-refractivity contribution in [2.75, 3.05) is 6.61 Å². The van der Waals surface area contributed by atoms with Crippen molar-refractivity contribution < 1.29 is 9.53 Å². The molecule has 6 heteroatoms. The molecule has 0 radical (unpaired) electrons. The van der Waals surface area contributed by atoms with Gasteiger partial charge < -0.3 is 15.4 Å². The number of fused-ring (bicyclic) bond motifs is 1. The van der Waals surface area contributed by atoms with Crippen molar-refractivity contribution in [1.82, 2.24) is 20.4 Å². The average Bonchev–Trinajstić information content (AvgIpc) is 2.87. The van der Waals surface area contributed by atoms with E-state index >= 15 is 0 Å². The van der Waals surface area contributed by atoms with E-state index in [1.54, 1.807) is 0 Å². The molecule has 3 aliphatic rings. The van der Waals surface area contributed by atoms with Gasteiger partial charge in [0.05, 0.1) is 18.3 Å². The second-order valence-corrected chi connectivity index (χ2v) is 7.55. The van der Waals surface area contributed by atoms with Crippen molar-refractivity contribution in [2.45, 2.75) is 70.1 Å². The van der Waals surface area contributed by atoms with Crippen LogP contribution in [0, 0.1) is 5.41 Å². The summed E-state index contributed by atoms with van der Waals surface area (Å²) in [5.74, 6) is 0. The molecule has 132 valence electrons. The molecule has 2 N–H and O–H groups in total. The van der Waals surface area contributed by atoms with Crippen LogP contribution in [0.2, 0.25) is 0 Å². The number of carbonyl (C=O) groups excluding carboxylic acids is 1. The lowest BCUT2D eigenvalue weighted by molar-refractivity contribution is -0.169. The molecule has 0 bridgehead atoms. The summed E-state index contributed by atoms with van der Waals surface area (Å²) in [5, 5.41) is 10.7. The maximum Gasteiger partial charge on any atom is 0.315 e. The van der Waals surface area contributed by atoms with E-state index in [0.717, 1.165) is 32.3 Å². The monoisotopic (exact) mass is 332 g/mol. The average molecular weight is 332 g/mol. The van der Waals surface area contributed by atoms with Gasteiger partial charge in [-0.3, -0.25) is 4.68 Å². The molecular formula is C18H28N4O2. The first-order valence-electron chi connectivity index (χ1n) is 9.33. The third kappa shape index (κ3) is 2.42. The number of ether oxygens (including phenoxy) is 1. The lowest BCUT2D eigenvalue weighted by atomic mass is 9.51. The van der Waals surface area contributed by atoms with Crippen molar-refractivity contribution >= 4 is 6.03 Å². The van der Waals surface area contributed by atoms with Gasteiger partial charge in [0.15, 0.2) is 0 Å². The van der Waals surface area contributed by atoms with E-state index in [1.807, 2.05) is 24.9 Å². The van der Waals surface area contributed by atoms with Crippen LogP contribution in [0.25, 0.3) is 0 Å².